The third kappa shape index (κ3) is 4.41. The van der Waals surface area contributed by atoms with Gasteiger partial charge in [0.05, 0.1) is 30.1 Å². The standard InChI is InChI=1S/C27H31N5O4/c1-3-36-27(35)30-15-13-29(14-16-30)24(33)17-23-26(34)31(18-20-9-5-4-6-10-20)19(2)25-28-21-11-7-8-12-22(21)32(23)25/h4-12,19,23H,3,13-18H2,1-2H3. The minimum Gasteiger partial charge on any atom is -0.450 e. The van der Waals surface area contributed by atoms with E-state index in [-0.39, 0.29) is 30.4 Å². The zero-order valence-corrected chi connectivity index (χ0v) is 20.7. The first kappa shape index (κ1) is 23.8. The van der Waals surface area contributed by atoms with Gasteiger partial charge in [0, 0.05) is 32.7 Å². The van der Waals surface area contributed by atoms with Crippen molar-refractivity contribution >= 4 is 28.9 Å². The Morgan fingerprint density at radius 1 is 0.972 bits per heavy atom. The van der Waals surface area contributed by atoms with Gasteiger partial charge >= 0.3 is 6.09 Å². The highest BCUT2D eigenvalue weighted by Crippen LogP contribution is 2.37. The van der Waals surface area contributed by atoms with Crippen molar-refractivity contribution in [2.45, 2.75) is 38.9 Å². The van der Waals surface area contributed by atoms with E-state index in [2.05, 4.69) is 0 Å². The minimum absolute atomic E-state index is 0.0452. The molecule has 0 N–H and O–H groups in total. The fourth-order valence-corrected chi connectivity index (χ4v) is 5.14. The first-order valence-corrected chi connectivity index (χ1v) is 12.5. The molecule has 36 heavy (non-hydrogen) atoms. The number of nitrogens with zero attached hydrogens (tertiary/aromatic N) is 5. The SMILES string of the molecule is CCOC(=O)N1CCN(C(=O)CC2C(=O)N(Cc3ccccc3)C(C)c3nc4ccccc4n32)CC1. The number of carbonyl (C=O) groups excluding carboxylic acids is 3. The van der Waals surface area contributed by atoms with Gasteiger partial charge in [-0.3, -0.25) is 9.59 Å². The number of fused-ring (bicyclic) bond motifs is 3. The normalized spacial score (nSPS) is 19.9. The molecule has 1 fully saturated rings. The maximum Gasteiger partial charge on any atom is 0.409 e. The molecule has 188 valence electrons. The van der Waals surface area contributed by atoms with Gasteiger partial charge < -0.3 is 24.0 Å². The highest BCUT2D eigenvalue weighted by molar-refractivity contribution is 5.91. The van der Waals surface area contributed by atoms with Crippen LogP contribution in [0, 0.1) is 0 Å². The highest BCUT2D eigenvalue weighted by Gasteiger charge is 2.41. The largest absolute Gasteiger partial charge is 0.450 e. The van der Waals surface area contributed by atoms with Crippen LogP contribution in [0.4, 0.5) is 4.79 Å². The fraction of sp³-hybridized carbons (Fsp3) is 0.407. The van der Waals surface area contributed by atoms with Crippen molar-refractivity contribution < 1.29 is 19.1 Å². The van der Waals surface area contributed by atoms with Crippen LogP contribution in [-0.4, -0.2) is 74.9 Å². The second-order valence-corrected chi connectivity index (χ2v) is 9.24. The summed E-state index contributed by atoms with van der Waals surface area (Å²) in [6.45, 7) is 6.20. The van der Waals surface area contributed by atoms with E-state index in [1.54, 1.807) is 16.7 Å². The van der Waals surface area contributed by atoms with Crippen molar-refractivity contribution in [3.05, 3.63) is 66.0 Å². The molecule has 2 atom stereocenters. The van der Waals surface area contributed by atoms with Crippen molar-refractivity contribution in [2.75, 3.05) is 32.8 Å². The van der Waals surface area contributed by atoms with Gasteiger partial charge in [-0.25, -0.2) is 9.78 Å². The van der Waals surface area contributed by atoms with Crippen LogP contribution in [0.3, 0.4) is 0 Å². The molecule has 0 bridgehead atoms. The van der Waals surface area contributed by atoms with Crippen molar-refractivity contribution in [2.24, 2.45) is 0 Å². The van der Waals surface area contributed by atoms with E-state index in [0.717, 1.165) is 22.4 Å². The summed E-state index contributed by atoms with van der Waals surface area (Å²) in [4.78, 5) is 49.4. The molecule has 0 radical (unpaired) electrons. The number of aromatic nitrogens is 2. The van der Waals surface area contributed by atoms with Crippen LogP contribution < -0.4 is 0 Å². The monoisotopic (exact) mass is 489 g/mol. The summed E-state index contributed by atoms with van der Waals surface area (Å²) in [5.74, 6) is 0.604. The number of imidazole rings is 1. The van der Waals surface area contributed by atoms with Crippen molar-refractivity contribution in [3.8, 4) is 0 Å². The zero-order valence-electron chi connectivity index (χ0n) is 20.7. The fourth-order valence-electron chi connectivity index (χ4n) is 5.14. The van der Waals surface area contributed by atoms with Crippen LogP contribution in [0.1, 0.15) is 43.7 Å². The van der Waals surface area contributed by atoms with Crippen LogP contribution in [-0.2, 0) is 20.9 Å². The summed E-state index contributed by atoms with van der Waals surface area (Å²) in [5, 5.41) is 0. The number of benzene rings is 2. The average molecular weight is 490 g/mol. The van der Waals surface area contributed by atoms with Crippen LogP contribution in [0.5, 0.6) is 0 Å². The molecular weight excluding hydrogens is 458 g/mol. The van der Waals surface area contributed by atoms with E-state index in [1.807, 2.05) is 71.0 Å². The molecule has 2 aromatic carbocycles. The Hall–Kier alpha value is -3.88. The molecule has 0 saturated carbocycles. The van der Waals surface area contributed by atoms with E-state index in [4.69, 9.17) is 9.72 Å². The molecular formula is C27H31N5O4. The predicted octanol–water partition coefficient (Wildman–Crippen LogP) is 3.37. The number of carbonyl (C=O) groups is 3. The van der Waals surface area contributed by atoms with Gasteiger partial charge in [-0.15, -0.1) is 0 Å². The lowest BCUT2D eigenvalue weighted by molar-refractivity contribution is -0.145. The molecule has 0 spiro atoms. The van der Waals surface area contributed by atoms with Crippen LogP contribution in [0.2, 0.25) is 0 Å². The molecule has 2 aliphatic rings. The molecule has 3 heterocycles. The number of para-hydroxylation sites is 2. The van der Waals surface area contributed by atoms with Gasteiger partial charge in [-0.2, -0.15) is 0 Å². The van der Waals surface area contributed by atoms with Gasteiger partial charge in [-0.05, 0) is 31.5 Å². The average Bonchev–Trinajstić information content (AvgIpc) is 3.29. The molecule has 3 aromatic rings. The van der Waals surface area contributed by atoms with E-state index in [0.29, 0.717) is 39.3 Å². The lowest BCUT2D eigenvalue weighted by Crippen LogP contribution is -2.52. The quantitative estimate of drug-likeness (QED) is 0.548. The molecule has 2 aliphatic heterocycles. The number of ether oxygens (including phenoxy) is 1. The highest BCUT2D eigenvalue weighted by atomic mass is 16.6. The topological polar surface area (TPSA) is 88.0 Å². The van der Waals surface area contributed by atoms with Gasteiger partial charge in [-0.1, -0.05) is 42.5 Å². The van der Waals surface area contributed by atoms with E-state index >= 15 is 0 Å². The molecule has 0 aliphatic carbocycles. The van der Waals surface area contributed by atoms with Crippen molar-refractivity contribution in [1.82, 2.24) is 24.3 Å². The van der Waals surface area contributed by atoms with Crippen LogP contribution in [0.15, 0.2) is 54.6 Å². The van der Waals surface area contributed by atoms with Gasteiger partial charge in [0.2, 0.25) is 11.8 Å². The maximum atomic E-state index is 13.9. The predicted molar refractivity (Wildman–Crippen MR) is 134 cm³/mol. The lowest BCUT2D eigenvalue weighted by atomic mass is 10.0. The zero-order chi connectivity index (χ0) is 25.2. The Morgan fingerprint density at radius 3 is 2.36 bits per heavy atom. The van der Waals surface area contributed by atoms with Gasteiger partial charge in [0.15, 0.2) is 0 Å². The summed E-state index contributed by atoms with van der Waals surface area (Å²) >= 11 is 0. The second-order valence-electron chi connectivity index (χ2n) is 9.24. The molecule has 1 aromatic heterocycles. The molecule has 5 rings (SSSR count). The number of hydrogen-bond donors (Lipinski definition) is 0. The van der Waals surface area contributed by atoms with E-state index < -0.39 is 6.04 Å². The number of piperazine rings is 1. The van der Waals surface area contributed by atoms with Crippen molar-refractivity contribution in [1.29, 1.82) is 0 Å². The molecule has 1 saturated heterocycles. The maximum absolute atomic E-state index is 13.9. The summed E-state index contributed by atoms with van der Waals surface area (Å²) in [7, 11) is 0. The Labute approximate surface area is 210 Å². The first-order chi connectivity index (χ1) is 17.5. The van der Waals surface area contributed by atoms with Crippen LogP contribution in [0.25, 0.3) is 11.0 Å². The number of hydrogen-bond acceptors (Lipinski definition) is 5. The third-order valence-electron chi connectivity index (χ3n) is 7.07. The Kier molecular flexibility index (Phi) is 6.63. The number of rotatable bonds is 5. The summed E-state index contributed by atoms with van der Waals surface area (Å²) in [6.07, 6.45) is -0.309. The molecule has 9 nitrogen and oxygen atoms in total. The minimum atomic E-state index is -0.678. The van der Waals surface area contributed by atoms with Crippen LogP contribution >= 0.6 is 0 Å². The number of amides is 3. The van der Waals surface area contributed by atoms with E-state index in [1.165, 1.54) is 0 Å². The molecule has 9 heteroatoms. The van der Waals surface area contributed by atoms with Gasteiger partial charge in [0.25, 0.3) is 0 Å². The summed E-state index contributed by atoms with van der Waals surface area (Å²) in [6, 6.07) is 16.7. The molecule has 2 unspecified atom stereocenters. The lowest BCUT2D eigenvalue weighted by Gasteiger charge is -2.40. The Bertz CT molecular complexity index is 1270. The summed E-state index contributed by atoms with van der Waals surface area (Å²) < 4.78 is 7.03. The summed E-state index contributed by atoms with van der Waals surface area (Å²) in [5.41, 5.74) is 2.70. The first-order valence-electron chi connectivity index (χ1n) is 12.5. The van der Waals surface area contributed by atoms with E-state index in [9.17, 15) is 14.4 Å². The third-order valence-corrected chi connectivity index (χ3v) is 7.07. The van der Waals surface area contributed by atoms with Crippen molar-refractivity contribution in [3.63, 3.8) is 0 Å². The Morgan fingerprint density at radius 2 is 1.64 bits per heavy atom. The smallest absolute Gasteiger partial charge is 0.409 e. The Balaban J connectivity index is 1.41. The molecule has 3 amide bonds. The van der Waals surface area contributed by atoms with Gasteiger partial charge in [0.1, 0.15) is 11.9 Å². The second kappa shape index (κ2) is 10.0.